The fraction of sp³-hybridized carbons (Fsp3) is 0.333. The first-order valence-corrected chi connectivity index (χ1v) is 4.53. The number of pyridine rings is 1. The van der Waals surface area contributed by atoms with Gasteiger partial charge in [0.25, 0.3) is 0 Å². The highest BCUT2D eigenvalue weighted by atomic mass is 79.9. The van der Waals surface area contributed by atoms with Crippen molar-refractivity contribution in [3.63, 3.8) is 0 Å². The third kappa shape index (κ3) is 1.91. The first kappa shape index (κ1) is 9.39. The second-order valence-corrected chi connectivity index (χ2v) is 3.56. The number of carbonyl (C=O) groups excluding carboxylic acids is 1. The van der Waals surface area contributed by atoms with Crippen LogP contribution in [0.1, 0.15) is 25.5 Å². The van der Waals surface area contributed by atoms with E-state index >= 15 is 0 Å². The zero-order valence-corrected chi connectivity index (χ0v) is 8.63. The van der Waals surface area contributed by atoms with Crippen molar-refractivity contribution in [3.8, 4) is 0 Å². The summed E-state index contributed by atoms with van der Waals surface area (Å²) in [7, 11) is 0. The third-order valence-corrected chi connectivity index (χ3v) is 2.48. The van der Waals surface area contributed by atoms with Crippen molar-refractivity contribution >= 4 is 21.7 Å². The molecule has 0 spiro atoms. The summed E-state index contributed by atoms with van der Waals surface area (Å²) in [5, 5.41) is 0. The van der Waals surface area contributed by atoms with Gasteiger partial charge in [0.2, 0.25) is 0 Å². The minimum Gasteiger partial charge on any atom is -0.299 e. The maximum atomic E-state index is 11.0. The molecule has 2 nitrogen and oxygen atoms in total. The molecule has 0 saturated carbocycles. The predicted molar refractivity (Wildman–Crippen MR) is 51.0 cm³/mol. The highest BCUT2D eigenvalue weighted by Crippen LogP contribution is 2.22. The Balaban J connectivity index is 3.02. The SMILES string of the molecule is CC(=O)C(C)c1ncccc1Br. The summed E-state index contributed by atoms with van der Waals surface area (Å²) in [5.41, 5.74) is 0.810. The fourth-order valence-electron chi connectivity index (χ4n) is 0.909. The second-order valence-electron chi connectivity index (χ2n) is 2.70. The van der Waals surface area contributed by atoms with Crippen LogP contribution in [0, 0.1) is 0 Å². The van der Waals surface area contributed by atoms with E-state index in [1.54, 1.807) is 13.1 Å². The molecule has 0 N–H and O–H groups in total. The summed E-state index contributed by atoms with van der Waals surface area (Å²) in [6.07, 6.45) is 1.69. The predicted octanol–water partition coefficient (Wildman–Crippen LogP) is 2.54. The maximum absolute atomic E-state index is 11.0. The second kappa shape index (κ2) is 3.81. The Morgan fingerprint density at radius 1 is 1.67 bits per heavy atom. The van der Waals surface area contributed by atoms with Crippen LogP contribution in [-0.4, -0.2) is 10.8 Å². The highest BCUT2D eigenvalue weighted by molar-refractivity contribution is 9.10. The normalized spacial score (nSPS) is 12.6. The summed E-state index contributed by atoms with van der Waals surface area (Å²) >= 11 is 3.35. The summed E-state index contributed by atoms with van der Waals surface area (Å²) in [4.78, 5) is 15.2. The molecule has 0 aromatic carbocycles. The van der Waals surface area contributed by atoms with E-state index in [9.17, 15) is 4.79 Å². The van der Waals surface area contributed by atoms with Gasteiger partial charge < -0.3 is 0 Å². The summed E-state index contributed by atoms with van der Waals surface area (Å²) < 4.78 is 0.896. The van der Waals surface area contributed by atoms with Crippen LogP contribution in [0.5, 0.6) is 0 Å². The molecule has 0 aliphatic rings. The lowest BCUT2D eigenvalue weighted by molar-refractivity contribution is -0.118. The molecule has 0 fully saturated rings. The highest BCUT2D eigenvalue weighted by Gasteiger charge is 2.14. The van der Waals surface area contributed by atoms with E-state index in [1.807, 2.05) is 19.1 Å². The Labute approximate surface area is 80.1 Å². The molecule has 0 radical (unpaired) electrons. The van der Waals surface area contributed by atoms with Gasteiger partial charge in [-0.05, 0) is 41.9 Å². The van der Waals surface area contributed by atoms with Crippen molar-refractivity contribution in [2.75, 3.05) is 0 Å². The molecule has 1 heterocycles. The van der Waals surface area contributed by atoms with E-state index in [-0.39, 0.29) is 11.7 Å². The van der Waals surface area contributed by atoms with Crippen LogP contribution < -0.4 is 0 Å². The van der Waals surface area contributed by atoms with E-state index in [0.717, 1.165) is 10.2 Å². The average Bonchev–Trinajstić information content (AvgIpc) is 2.04. The Kier molecular flexibility index (Phi) is 2.98. The molecular weight excluding hydrogens is 218 g/mol. The Morgan fingerprint density at radius 2 is 2.33 bits per heavy atom. The average molecular weight is 228 g/mol. The number of hydrogen-bond acceptors (Lipinski definition) is 2. The number of nitrogens with zero attached hydrogens (tertiary/aromatic N) is 1. The van der Waals surface area contributed by atoms with Crippen molar-refractivity contribution in [2.24, 2.45) is 0 Å². The van der Waals surface area contributed by atoms with Gasteiger partial charge >= 0.3 is 0 Å². The Hall–Kier alpha value is -0.700. The van der Waals surface area contributed by atoms with Crippen LogP contribution in [0.2, 0.25) is 0 Å². The lowest BCUT2D eigenvalue weighted by Gasteiger charge is -2.07. The number of ketones is 1. The molecule has 12 heavy (non-hydrogen) atoms. The molecule has 0 aliphatic carbocycles. The maximum Gasteiger partial charge on any atom is 0.138 e. The van der Waals surface area contributed by atoms with Gasteiger partial charge in [-0.15, -0.1) is 0 Å². The molecule has 1 aromatic heterocycles. The smallest absolute Gasteiger partial charge is 0.138 e. The first-order valence-electron chi connectivity index (χ1n) is 3.73. The van der Waals surface area contributed by atoms with E-state index in [2.05, 4.69) is 20.9 Å². The molecule has 1 atom stereocenters. The van der Waals surface area contributed by atoms with Gasteiger partial charge in [-0.1, -0.05) is 0 Å². The van der Waals surface area contributed by atoms with Crippen LogP contribution in [0.15, 0.2) is 22.8 Å². The van der Waals surface area contributed by atoms with Crippen LogP contribution in [0.4, 0.5) is 0 Å². The summed E-state index contributed by atoms with van der Waals surface area (Å²) in [5.74, 6) is 0.00924. The Morgan fingerprint density at radius 3 is 2.83 bits per heavy atom. The molecule has 3 heteroatoms. The molecule has 1 unspecified atom stereocenters. The lowest BCUT2D eigenvalue weighted by atomic mass is 10.0. The Bertz CT molecular complexity index is 298. The quantitative estimate of drug-likeness (QED) is 0.778. The number of halogens is 1. The van der Waals surface area contributed by atoms with Gasteiger partial charge in [-0.3, -0.25) is 9.78 Å². The van der Waals surface area contributed by atoms with Crippen LogP contribution in [0.25, 0.3) is 0 Å². The fourth-order valence-corrected chi connectivity index (χ4v) is 1.51. The molecule has 0 bridgehead atoms. The minimum atomic E-state index is -0.124. The van der Waals surface area contributed by atoms with Crippen molar-refractivity contribution in [1.82, 2.24) is 4.98 Å². The molecular formula is C9H10BrNO. The molecule has 1 rings (SSSR count). The van der Waals surface area contributed by atoms with Gasteiger partial charge in [-0.2, -0.15) is 0 Å². The van der Waals surface area contributed by atoms with Crippen LogP contribution >= 0.6 is 15.9 Å². The van der Waals surface area contributed by atoms with E-state index in [1.165, 1.54) is 0 Å². The first-order chi connectivity index (χ1) is 5.63. The molecule has 0 aliphatic heterocycles. The molecule has 1 aromatic rings. The largest absolute Gasteiger partial charge is 0.299 e. The number of hydrogen-bond donors (Lipinski definition) is 0. The van der Waals surface area contributed by atoms with Crippen molar-refractivity contribution in [1.29, 1.82) is 0 Å². The van der Waals surface area contributed by atoms with E-state index < -0.39 is 0 Å². The third-order valence-electron chi connectivity index (χ3n) is 1.81. The van der Waals surface area contributed by atoms with Crippen LogP contribution in [-0.2, 0) is 4.79 Å². The minimum absolute atomic E-state index is 0.124. The summed E-state index contributed by atoms with van der Waals surface area (Å²) in [6.45, 7) is 3.43. The monoisotopic (exact) mass is 227 g/mol. The van der Waals surface area contributed by atoms with Gasteiger partial charge in [0.15, 0.2) is 0 Å². The number of rotatable bonds is 2. The number of aromatic nitrogens is 1. The van der Waals surface area contributed by atoms with Gasteiger partial charge in [-0.25, -0.2) is 0 Å². The van der Waals surface area contributed by atoms with E-state index in [4.69, 9.17) is 0 Å². The topological polar surface area (TPSA) is 30.0 Å². The van der Waals surface area contributed by atoms with Crippen molar-refractivity contribution < 1.29 is 4.79 Å². The van der Waals surface area contributed by atoms with Gasteiger partial charge in [0, 0.05) is 10.7 Å². The van der Waals surface area contributed by atoms with Crippen molar-refractivity contribution in [3.05, 3.63) is 28.5 Å². The van der Waals surface area contributed by atoms with Crippen LogP contribution in [0.3, 0.4) is 0 Å². The zero-order valence-electron chi connectivity index (χ0n) is 7.04. The van der Waals surface area contributed by atoms with Crippen molar-refractivity contribution in [2.45, 2.75) is 19.8 Å². The number of carbonyl (C=O) groups is 1. The van der Waals surface area contributed by atoms with Gasteiger partial charge in [0.05, 0.1) is 11.6 Å². The molecule has 0 saturated heterocycles. The molecule has 0 amide bonds. The standard InChI is InChI=1S/C9H10BrNO/c1-6(7(2)12)9-8(10)4-3-5-11-9/h3-6H,1-2H3. The summed E-state index contributed by atoms with van der Waals surface area (Å²) in [6, 6.07) is 3.72. The number of Topliss-reactive ketones (excluding diaryl/α,β-unsaturated/α-hetero) is 1. The molecule has 64 valence electrons. The zero-order chi connectivity index (χ0) is 9.14. The van der Waals surface area contributed by atoms with Gasteiger partial charge in [0.1, 0.15) is 5.78 Å². The van der Waals surface area contributed by atoms with E-state index in [0.29, 0.717) is 0 Å². The lowest BCUT2D eigenvalue weighted by Crippen LogP contribution is -2.06.